The summed E-state index contributed by atoms with van der Waals surface area (Å²) in [5.74, 6) is 1.48. The van der Waals surface area contributed by atoms with Gasteiger partial charge in [0.05, 0.1) is 6.54 Å². The summed E-state index contributed by atoms with van der Waals surface area (Å²) in [7, 11) is 0. The standard InChI is InChI=1S/C18H28N4O/c1-14-11-15(2)20-18(19-14)16-7-10-22(12-16)17(23)13-21-8-5-3-4-6-9-21/h11,16H,3-10,12-13H2,1-2H3/t16-/m1/s1. The maximum Gasteiger partial charge on any atom is 0.236 e. The van der Waals surface area contributed by atoms with Gasteiger partial charge in [-0.1, -0.05) is 12.8 Å². The topological polar surface area (TPSA) is 49.3 Å². The highest BCUT2D eigenvalue weighted by Crippen LogP contribution is 2.25. The molecule has 23 heavy (non-hydrogen) atoms. The van der Waals surface area contributed by atoms with Gasteiger partial charge >= 0.3 is 0 Å². The Kier molecular flexibility index (Phi) is 5.26. The number of amides is 1. The molecular formula is C18H28N4O. The second kappa shape index (κ2) is 7.39. The molecule has 0 unspecified atom stereocenters. The molecule has 0 N–H and O–H groups in total. The number of nitrogens with zero attached hydrogens (tertiary/aromatic N) is 4. The van der Waals surface area contributed by atoms with Crippen LogP contribution in [0.3, 0.4) is 0 Å². The number of hydrogen-bond acceptors (Lipinski definition) is 4. The SMILES string of the molecule is Cc1cc(C)nc([C@@H]2CCN(C(=O)CN3CCCCCC3)C2)n1. The van der Waals surface area contributed by atoms with E-state index in [1.165, 1.54) is 25.7 Å². The summed E-state index contributed by atoms with van der Waals surface area (Å²) in [5, 5.41) is 0. The number of carbonyl (C=O) groups is 1. The predicted octanol–water partition coefficient (Wildman–Crippen LogP) is 2.29. The molecule has 0 aromatic carbocycles. The van der Waals surface area contributed by atoms with Gasteiger partial charge in [0, 0.05) is 30.4 Å². The Bertz CT molecular complexity index is 532. The first-order chi connectivity index (χ1) is 11.1. The molecule has 2 aliphatic rings. The molecule has 0 saturated carbocycles. The molecule has 5 heteroatoms. The molecule has 126 valence electrons. The monoisotopic (exact) mass is 316 g/mol. The van der Waals surface area contributed by atoms with E-state index >= 15 is 0 Å². The van der Waals surface area contributed by atoms with Crippen molar-refractivity contribution in [3.05, 3.63) is 23.3 Å². The third-order valence-corrected chi connectivity index (χ3v) is 4.96. The molecule has 1 aromatic heterocycles. The minimum Gasteiger partial charge on any atom is -0.341 e. The summed E-state index contributed by atoms with van der Waals surface area (Å²) < 4.78 is 0. The number of rotatable bonds is 3. The van der Waals surface area contributed by atoms with Crippen LogP contribution in [0.15, 0.2) is 6.07 Å². The zero-order valence-electron chi connectivity index (χ0n) is 14.4. The number of hydrogen-bond donors (Lipinski definition) is 0. The van der Waals surface area contributed by atoms with Crippen molar-refractivity contribution >= 4 is 5.91 Å². The lowest BCUT2D eigenvalue weighted by molar-refractivity contribution is -0.131. The van der Waals surface area contributed by atoms with Crippen LogP contribution in [0.5, 0.6) is 0 Å². The van der Waals surface area contributed by atoms with Crippen molar-refractivity contribution in [3.8, 4) is 0 Å². The molecule has 0 spiro atoms. The van der Waals surface area contributed by atoms with E-state index in [0.29, 0.717) is 12.5 Å². The average Bonchev–Trinajstić information content (AvgIpc) is 2.86. The normalized spacial score (nSPS) is 23.0. The van der Waals surface area contributed by atoms with Crippen molar-refractivity contribution in [1.82, 2.24) is 19.8 Å². The van der Waals surface area contributed by atoms with Crippen LogP contribution in [0.25, 0.3) is 0 Å². The zero-order valence-corrected chi connectivity index (χ0v) is 14.4. The van der Waals surface area contributed by atoms with Crippen LogP contribution in [-0.4, -0.2) is 58.4 Å². The Morgan fingerprint density at radius 3 is 2.39 bits per heavy atom. The minimum atomic E-state index is 0.277. The summed E-state index contributed by atoms with van der Waals surface area (Å²) in [4.78, 5) is 26.1. The zero-order chi connectivity index (χ0) is 16.2. The molecule has 3 heterocycles. The predicted molar refractivity (Wildman–Crippen MR) is 90.4 cm³/mol. The van der Waals surface area contributed by atoms with Crippen LogP contribution in [0.2, 0.25) is 0 Å². The Morgan fingerprint density at radius 2 is 1.74 bits per heavy atom. The maximum absolute atomic E-state index is 12.6. The summed E-state index contributed by atoms with van der Waals surface area (Å²) in [6, 6.07) is 2.00. The highest BCUT2D eigenvalue weighted by atomic mass is 16.2. The van der Waals surface area contributed by atoms with E-state index in [2.05, 4.69) is 14.9 Å². The highest BCUT2D eigenvalue weighted by molar-refractivity contribution is 5.78. The second-order valence-corrected chi connectivity index (χ2v) is 7.02. The Balaban J connectivity index is 1.57. The van der Waals surface area contributed by atoms with Gasteiger partial charge in [-0.3, -0.25) is 9.69 Å². The lowest BCUT2D eigenvalue weighted by atomic mass is 10.1. The second-order valence-electron chi connectivity index (χ2n) is 7.02. The van der Waals surface area contributed by atoms with Crippen molar-refractivity contribution in [1.29, 1.82) is 0 Å². The summed E-state index contributed by atoms with van der Waals surface area (Å²) >= 11 is 0. The molecule has 0 aliphatic carbocycles. The van der Waals surface area contributed by atoms with Gasteiger partial charge in [-0.15, -0.1) is 0 Å². The van der Waals surface area contributed by atoms with E-state index in [1.54, 1.807) is 0 Å². The van der Waals surface area contributed by atoms with E-state index < -0.39 is 0 Å². The lowest BCUT2D eigenvalue weighted by Gasteiger charge is -2.23. The van der Waals surface area contributed by atoms with Crippen LogP contribution in [0.4, 0.5) is 0 Å². The first kappa shape index (κ1) is 16.4. The maximum atomic E-state index is 12.6. The van der Waals surface area contributed by atoms with Crippen LogP contribution >= 0.6 is 0 Å². The van der Waals surface area contributed by atoms with E-state index in [0.717, 1.165) is 49.8 Å². The fourth-order valence-corrected chi connectivity index (χ4v) is 3.72. The Morgan fingerprint density at radius 1 is 1.09 bits per heavy atom. The van der Waals surface area contributed by atoms with Crippen LogP contribution in [0.1, 0.15) is 55.2 Å². The highest BCUT2D eigenvalue weighted by Gasteiger charge is 2.30. The van der Waals surface area contributed by atoms with Crippen molar-refractivity contribution in [2.24, 2.45) is 0 Å². The van der Waals surface area contributed by atoms with Gasteiger partial charge in [0.2, 0.25) is 5.91 Å². The van der Waals surface area contributed by atoms with E-state index in [4.69, 9.17) is 0 Å². The fraction of sp³-hybridized carbons (Fsp3) is 0.722. The molecule has 0 radical (unpaired) electrons. The van der Waals surface area contributed by atoms with Gasteiger partial charge in [0.25, 0.3) is 0 Å². The summed E-state index contributed by atoms with van der Waals surface area (Å²) in [6.07, 6.45) is 6.05. The molecule has 2 aliphatic heterocycles. The first-order valence-electron chi connectivity index (χ1n) is 8.94. The van der Waals surface area contributed by atoms with Gasteiger partial charge in [0.15, 0.2) is 0 Å². The van der Waals surface area contributed by atoms with Crippen molar-refractivity contribution in [2.75, 3.05) is 32.7 Å². The third-order valence-electron chi connectivity index (χ3n) is 4.96. The van der Waals surface area contributed by atoms with E-state index in [1.807, 2.05) is 24.8 Å². The molecule has 3 rings (SSSR count). The van der Waals surface area contributed by atoms with Gasteiger partial charge in [-0.25, -0.2) is 9.97 Å². The lowest BCUT2D eigenvalue weighted by Crippen LogP contribution is -2.39. The Labute approximate surface area is 139 Å². The Hall–Kier alpha value is -1.49. The first-order valence-corrected chi connectivity index (χ1v) is 8.94. The van der Waals surface area contributed by atoms with Crippen LogP contribution in [-0.2, 0) is 4.79 Å². The van der Waals surface area contributed by atoms with E-state index in [-0.39, 0.29) is 5.91 Å². The third kappa shape index (κ3) is 4.28. The van der Waals surface area contributed by atoms with Crippen molar-refractivity contribution < 1.29 is 4.79 Å². The summed E-state index contributed by atoms with van der Waals surface area (Å²) in [6.45, 7) is 8.36. The largest absolute Gasteiger partial charge is 0.341 e. The van der Waals surface area contributed by atoms with Crippen molar-refractivity contribution in [2.45, 2.75) is 51.9 Å². The molecule has 2 saturated heterocycles. The smallest absolute Gasteiger partial charge is 0.236 e. The minimum absolute atomic E-state index is 0.277. The molecule has 1 amide bonds. The fourth-order valence-electron chi connectivity index (χ4n) is 3.72. The molecule has 2 fully saturated rings. The molecule has 0 bridgehead atoms. The molecule has 5 nitrogen and oxygen atoms in total. The number of aryl methyl sites for hydroxylation is 2. The van der Waals surface area contributed by atoms with E-state index in [9.17, 15) is 4.79 Å². The number of carbonyl (C=O) groups excluding carboxylic acids is 1. The molecule has 1 aromatic rings. The number of aromatic nitrogens is 2. The quantitative estimate of drug-likeness (QED) is 0.858. The molecular weight excluding hydrogens is 288 g/mol. The number of likely N-dealkylation sites (tertiary alicyclic amines) is 2. The van der Waals surface area contributed by atoms with Gasteiger partial charge < -0.3 is 4.90 Å². The van der Waals surface area contributed by atoms with Gasteiger partial charge in [-0.2, -0.15) is 0 Å². The average molecular weight is 316 g/mol. The van der Waals surface area contributed by atoms with Crippen LogP contribution in [0, 0.1) is 13.8 Å². The molecule has 1 atom stereocenters. The van der Waals surface area contributed by atoms with Crippen LogP contribution < -0.4 is 0 Å². The van der Waals surface area contributed by atoms with Gasteiger partial charge in [-0.05, 0) is 52.3 Å². The van der Waals surface area contributed by atoms with Gasteiger partial charge in [0.1, 0.15) is 5.82 Å². The summed E-state index contributed by atoms with van der Waals surface area (Å²) in [5.41, 5.74) is 2.03. The van der Waals surface area contributed by atoms with Crippen molar-refractivity contribution in [3.63, 3.8) is 0 Å².